The van der Waals surface area contributed by atoms with Gasteiger partial charge in [-0.15, -0.1) is 0 Å². The van der Waals surface area contributed by atoms with Crippen LogP contribution in [-0.2, 0) is 0 Å². The van der Waals surface area contributed by atoms with Crippen molar-refractivity contribution >= 4 is 17.3 Å². The zero-order chi connectivity index (χ0) is 12.6. The number of hydrogen-bond donors (Lipinski definition) is 3. The molecule has 0 radical (unpaired) electrons. The van der Waals surface area contributed by atoms with Crippen molar-refractivity contribution in [3.63, 3.8) is 0 Å². The Balaban J connectivity index is 2.36. The number of benzene rings is 1. The summed E-state index contributed by atoms with van der Waals surface area (Å²) in [5.74, 6) is -1.00. The molecule has 0 aliphatic carbocycles. The number of anilines is 2. The van der Waals surface area contributed by atoms with E-state index in [9.17, 15) is 9.90 Å². The highest BCUT2D eigenvalue weighted by Crippen LogP contribution is 2.30. The van der Waals surface area contributed by atoms with Crippen molar-refractivity contribution in [3.8, 4) is 0 Å². The van der Waals surface area contributed by atoms with Crippen LogP contribution in [0.15, 0.2) is 18.2 Å². The maximum atomic E-state index is 11.1. The van der Waals surface area contributed by atoms with Crippen molar-refractivity contribution in [3.05, 3.63) is 23.8 Å². The molecule has 17 heavy (non-hydrogen) atoms. The highest BCUT2D eigenvalue weighted by Gasteiger charge is 2.32. The number of rotatable bonds is 2. The SMILES string of the molecule is CC1(O)CCN(c2ccc(N)cc2C(=O)O)C1. The summed E-state index contributed by atoms with van der Waals surface area (Å²) >= 11 is 0. The molecular weight excluding hydrogens is 220 g/mol. The lowest BCUT2D eigenvalue weighted by Crippen LogP contribution is -2.30. The van der Waals surface area contributed by atoms with Gasteiger partial charge in [0.1, 0.15) is 0 Å². The topological polar surface area (TPSA) is 86.8 Å². The molecule has 2 rings (SSSR count). The number of carboxylic acids is 1. The smallest absolute Gasteiger partial charge is 0.337 e. The van der Waals surface area contributed by atoms with E-state index in [4.69, 9.17) is 10.8 Å². The first-order valence-corrected chi connectivity index (χ1v) is 5.49. The highest BCUT2D eigenvalue weighted by atomic mass is 16.4. The highest BCUT2D eigenvalue weighted by molar-refractivity contribution is 5.95. The molecule has 92 valence electrons. The first kappa shape index (κ1) is 11.7. The van der Waals surface area contributed by atoms with Gasteiger partial charge in [0.05, 0.1) is 16.9 Å². The van der Waals surface area contributed by atoms with Crippen LogP contribution in [0.25, 0.3) is 0 Å². The first-order valence-electron chi connectivity index (χ1n) is 5.49. The summed E-state index contributed by atoms with van der Waals surface area (Å²) in [5.41, 5.74) is 6.06. The molecule has 4 N–H and O–H groups in total. The Morgan fingerprint density at radius 1 is 1.53 bits per heavy atom. The predicted octanol–water partition coefficient (Wildman–Crippen LogP) is 0.928. The van der Waals surface area contributed by atoms with Gasteiger partial charge >= 0.3 is 5.97 Å². The quantitative estimate of drug-likeness (QED) is 0.665. The summed E-state index contributed by atoms with van der Waals surface area (Å²) in [7, 11) is 0. The lowest BCUT2D eigenvalue weighted by atomic mass is 10.1. The van der Waals surface area contributed by atoms with Gasteiger partial charge in [-0.25, -0.2) is 4.79 Å². The largest absolute Gasteiger partial charge is 0.478 e. The second-order valence-corrected chi connectivity index (χ2v) is 4.75. The maximum absolute atomic E-state index is 11.1. The van der Waals surface area contributed by atoms with Crippen molar-refractivity contribution in [2.75, 3.05) is 23.7 Å². The fourth-order valence-corrected chi connectivity index (χ4v) is 2.15. The van der Waals surface area contributed by atoms with Crippen LogP contribution < -0.4 is 10.6 Å². The van der Waals surface area contributed by atoms with Crippen LogP contribution in [0.5, 0.6) is 0 Å². The molecule has 5 nitrogen and oxygen atoms in total. The van der Waals surface area contributed by atoms with E-state index < -0.39 is 11.6 Å². The van der Waals surface area contributed by atoms with Crippen molar-refractivity contribution in [2.24, 2.45) is 0 Å². The number of nitrogens with zero attached hydrogens (tertiary/aromatic N) is 1. The van der Waals surface area contributed by atoms with Crippen LogP contribution in [0.1, 0.15) is 23.7 Å². The number of nitrogens with two attached hydrogens (primary N) is 1. The summed E-state index contributed by atoms with van der Waals surface area (Å²) in [6, 6.07) is 4.82. The van der Waals surface area contributed by atoms with Crippen molar-refractivity contribution in [1.29, 1.82) is 0 Å². The molecule has 1 atom stereocenters. The molecule has 1 saturated heterocycles. The molecule has 0 spiro atoms. The molecule has 1 aromatic carbocycles. The van der Waals surface area contributed by atoms with E-state index in [0.29, 0.717) is 30.9 Å². The van der Waals surface area contributed by atoms with Gasteiger partial charge in [-0.2, -0.15) is 0 Å². The minimum absolute atomic E-state index is 0.183. The Kier molecular flexibility index (Phi) is 2.71. The standard InChI is InChI=1S/C12H16N2O3/c1-12(17)4-5-14(7-12)10-3-2-8(13)6-9(10)11(15)16/h2-3,6,17H,4-5,7,13H2,1H3,(H,15,16). The van der Waals surface area contributed by atoms with Gasteiger partial charge in [-0.05, 0) is 31.5 Å². The van der Waals surface area contributed by atoms with Crippen LogP contribution in [0, 0.1) is 0 Å². The lowest BCUT2D eigenvalue weighted by Gasteiger charge is -2.22. The fourth-order valence-electron chi connectivity index (χ4n) is 2.15. The monoisotopic (exact) mass is 236 g/mol. The van der Waals surface area contributed by atoms with Crippen molar-refractivity contribution < 1.29 is 15.0 Å². The Morgan fingerprint density at radius 3 is 2.76 bits per heavy atom. The van der Waals surface area contributed by atoms with Crippen LogP contribution in [0.4, 0.5) is 11.4 Å². The third kappa shape index (κ3) is 2.34. The first-order chi connectivity index (χ1) is 7.89. The second kappa shape index (κ2) is 3.92. The van der Waals surface area contributed by atoms with Gasteiger partial charge in [0, 0.05) is 18.8 Å². The van der Waals surface area contributed by atoms with E-state index in [0.717, 1.165) is 0 Å². The van der Waals surface area contributed by atoms with E-state index in [1.807, 2.05) is 4.90 Å². The summed E-state index contributed by atoms with van der Waals surface area (Å²) in [6.07, 6.45) is 0.635. The van der Waals surface area contributed by atoms with E-state index >= 15 is 0 Å². The fraction of sp³-hybridized carbons (Fsp3) is 0.417. The predicted molar refractivity (Wildman–Crippen MR) is 65.3 cm³/mol. The molecule has 1 aliphatic rings. The molecule has 1 aromatic rings. The third-order valence-electron chi connectivity index (χ3n) is 3.04. The third-order valence-corrected chi connectivity index (χ3v) is 3.04. The van der Waals surface area contributed by atoms with E-state index in [1.165, 1.54) is 6.07 Å². The van der Waals surface area contributed by atoms with Gasteiger partial charge in [0.15, 0.2) is 0 Å². The summed E-state index contributed by atoms with van der Waals surface area (Å²) in [4.78, 5) is 13.0. The molecule has 0 aromatic heterocycles. The van der Waals surface area contributed by atoms with Gasteiger partial charge in [-0.1, -0.05) is 0 Å². The summed E-state index contributed by atoms with van der Waals surface area (Å²) in [5, 5.41) is 19.0. The molecule has 0 amide bonds. The van der Waals surface area contributed by atoms with Crippen LogP contribution >= 0.6 is 0 Å². The molecule has 1 fully saturated rings. The molecular formula is C12H16N2O3. The van der Waals surface area contributed by atoms with Gasteiger partial charge in [0.25, 0.3) is 0 Å². The number of carbonyl (C=O) groups is 1. The van der Waals surface area contributed by atoms with Crippen molar-refractivity contribution in [2.45, 2.75) is 18.9 Å². The number of carboxylic acid groups (broad SMARTS) is 1. The number of β-amino-alcohol motifs (C(OH)–C–C–N with tert-alkyl or cyclic N) is 1. The van der Waals surface area contributed by atoms with Crippen LogP contribution in [0.2, 0.25) is 0 Å². The van der Waals surface area contributed by atoms with E-state index in [-0.39, 0.29) is 5.56 Å². The lowest BCUT2D eigenvalue weighted by molar-refractivity contribution is 0.0695. The Hall–Kier alpha value is -1.75. The Morgan fingerprint density at radius 2 is 2.24 bits per heavy atom. The normalized spacial score (nSPS) is 24.0. The number of aromatic carboxylic acids is 1. The second-order valence-electron chi connectivity index (χ2n) is 4.75. The molecule has 5 heteroatoms. The Bertz CT molecular complexity index is 457. The molecule has 1 aliphatic heterocycles. The Labute approximate surface area is 99.5 Å². The maximum Gasteiger partial charge on any atom is 0.337 e. The summed E-state index contributed by atoms with van der Waals surface area (Å²) in [6.45, 7) is 2.85. The van der Waals surface area contributed by atoms with Crippen LogP contribution in [-0.4, -0.2) is 34.9 Å². The number of hydrogen-bond acceptors (Lipinski definition) is 4. The zero-order valence-corrected chi connectivity index (χ0v) is 9.68. The average Bonchev–Trinajstić information content (AvgIpc) is 2.58. The minimum atomic E-state index is -1.00. The average molecular weight is 236 g/mol. The van der Waals surface area contributed by atoms with E-state index in [2.05, 4.69) is 0 Å². The molecule has 1 heterocycles. The van der Waals surface area contributed by atoms with Crippen LogP contribution in [0.3, 0.4) is 0 Å². The van der Waals surface area contributed by atoms with Crippen molar-refractivity contribution in [1.82, 2.24) is 0 Å². The number of aliphatic hydroxyl groups is 1. The molecule has 1 unspecified atom stereocenters. The molecule has 0 saturated carbocycles. The summed E-state index contributed by atoms with van der Waals surface area (Å²) < 4.78 is 0. The minimum Gasteiger partial charge on any atom is -0.478 e. The van der Waals surface area contributed by atoms with E-state index in [1.54, 1.807) is 19.1 Å². The van der Waals surface area contributed by atoms with Gasteiger partial charge in [-0.3, -0.25) is 0 Å². The zero-order valence-electron chi connectivity index (χ0n) is 9.68. The van der Waals surface area contributed by atoms with Gasteiger partial charge in [0.2, 0.25) is 0 Å². The number of nitrogen functional groups attached to an aromatic ring is 1. The molecule has 0 bridgehead atoms. The van der Waals surface area contributed by atoms with Gasteiger partial charge < -0.3 is 20.8 Å².